The zero-order chi connectivity index (χ0) is 10.1. The average molecular weight is 194 g/mol. The van der Waals surface area contributed by atoms with Crippen LogP contribution in [0, 0.1) is 6.92 Å². The number of amides is 1. The summed E-state index contributed by atoms with van der Waals surface area (Å²) < 4.78 is 5.09. The van der Waals surface area contributed by atoms with E-state index in [1.807, 2.05) is 0 Å². The monoisotopic (exact) mass is 194 g/mol. The minimum atomic E-state index is 0.0317. The van der Waals surface area contributed by atoms with Gasteiger partial charge in [0.2, 0.25) is 0 Å². The van der Waals surface area contributed by atoms with Gasteiger partial charge in [-0.05, 0) is 19.4 Å². The van der Waals surface area contributed by atoms with Crippen molar-refractivity contribution in [1.82, 2.24) is 4.90 Å². The lowest BCUT2D eigenvalue weighted by molar-refractivity contribution is 0.0789. The predicted molar refractivity (Wildman–Crippen MR) is 51.9 cm³/mol. The molecule has 1 aromatic heterocycles. The molecule has 4 nitrogen and oxygen atoms in total. The quantitative estimate of drug-likeness (QED) is 0.718. The number of hydrogen-bond acceptors (Lipinski definition) is 3. The molecule has 1 amide bonds. The Labute approximate surface area is 82.7 Å². The Kier molecular flexibility index (Phi) is 2.29. The molecule has 0 aliphatic carbocycles. The van der Waals surface area contributed by atoms with Crippen LogP contribution in [0.5, 0.6) is 0 Å². The molecule has 4 heteroatoms. The topological polar surface area (TPSA) is 59.5 Å². The molecule has 0 unspecified atom stereocenters. The highest BCUT2D eigenvalue weighted by molar-refractivity contribution is 5.95. The average Bonchev–Trinajstić information content (AvgIpc) is 2.73. The van der Waals surface area contributed by atoms with Crippen LogP contribution in [0.2, 0.25) is 0 Å². The molecule has 2 heterocycles. The summed E-state index contributed by atoms with van der Waals surface area (Å²) in [5, 5.41) is 0. The molecule has 0 bridgehead atoms. The third kappa shape index (κ3) is 1.53. The van der Waals surface area contributed by atoms with Crippen molar-refractivity contribution in [2.45, 2.75) is 19.4 Å². The first-order chi connectivity index (χ1) is 6.68. The van der Waals surface area contributed by atoms with Crippen LogP contribution in [0.25, 0.3) is 0 Å². The maximum Gasteiger partial charge on any atom is 0.257 e. The lowest BCUT2D eigenvalue weighted by atomic mass is 10.2. The molecule has 1 aromatic rings. The fourth-order valence-corrected chi connectivity index (χ4v) is 1.75. The standard InChI is InChI=1S/C10H14N2O2/c1-7-9(3-5-14-7)10(13)12-4-2-8(11)6-12/h3,5,8H,2,4,6,11H2,1H3/t8-/m0/s1. The summed E-state index contributed by atoms with van der Waals surface area (Å²) in [4.78, 5) is 13.7. The summed E-state index contributed by atoms with van der Waals surface area (Å²) in [6.45, 7) is 3.21. The summed E-state index contributed by atoms with van der Waals surface area (Å²) in [6, 6.07) is 1.84. The number of aryl methyl sites for hydroxylation is 1. The van der Waals surface area contributed by atoms with Crippen molar-refractivity contribution in [3.8, 4) is 0 Å². The van der Waals surface area contributed by atoms with E-state index in [0.717, 1.165) is 13.0 Å². The Morgan fingerprint density at radius 2 is 2.50 bits per heavy atom. The predicted octanol–water partition coefficient (Wildman–Crippen LogP) is 0.761. The number of hydrogen-bond donors (Lipinski definition) is 1. The van der Waals surface area contributed by atoms with Gasteiger partial charge in [0.05, 0.1) is 11.8 Å². The molecular formula is C10H14N2O2. The zero-order valence-electron chi connectivity index (χ0n) is 8.19. The van der Waals surface area contributed by atoms with E-state index in [2.05, 4.69) is 0 Å². The van der Waals surface area contributed by atoms with E-state index >= 15 is 0 Å². The van der Waals surface area contributed by atoms with Gasteiger partial charge >= 0.3 is 0 Å². The van der Waals surface area contributed by atoms with Crippen LogP contribution in [0.1, 0.15) is 22.5 Å². The zero-order valence-corrected chi connectivity index (χ0v) is 8.19. The number of likely N-dealkylation sites (tertiary alicyclic amines) is 1. The van der Waals surface area contributed by atoms with E-state index in [9.17, 15) is 4.79 Å². The van der Waals surface area contributed by atoms with Gasteiger partial charge in [0.1, 0.15) is 5.76 Å². The molecule has 0 spiro atoms. The van der Waals surface area contributed by atoms with E-state index in [4.69, 9.17) is 10.2 Å². The number of nitrogens with zero attached hydrogens (tertiary/aromatic N) is 1. The van der Waals surface area contributed by atoms with Gasteiger partial charge in [-0.2, -0.15) is 0 Å². The normalized spacial score (nSPS) is 21.6. The molecule has 76 valence electrons. The summed E-state index contributed by atoms with van der Waals surface area (Å²) in [7, 11) is 0. The molecule has 14 heavy (non-hydrogen) atoms. The minimum absolute atomic E-state index is 0.0317. The largest absolute Gasteiger partial charge is 0.469 e. The molecular weight excluding hydrogens is 180 g/mol. The van der Waals surface area contributed by atoms with Crippen LogP contribution in [0.3, 0.4) is 0 Å². The number of furan rings is 1. The van der Waals surface area contributed by atoms with Crippen molar-refractivity contribution in [2.24, 2.45) is 5.73 Å². The fourth-order valence-electron chi connectivity index (χ4n) is 1.75. The molecule has 0 saturated carbocycles. The van der Waals surface area contributed by atoms with E-state index in [-0.39, 0.29) is 11.9 Å². The molecule has 1 aliphatic heterocycles. The highest BCUT2D eigenvalue weighted by atomic mass is 16.3. The highest BCUT2D eigenvalue weighted by Crippen LogP contribution is 2.15. The fraction of sp³-hybridized carbons (Fsp3) is 0.500. The van der Waals surface area contributed by atoms with Crippen molar-refractivity contribution in [2.75, 3.05) is 13.1 Å². The van der Waals surface area contributed by atoms with Crippen LogP contribution in [0.15, 0.2) is 16.7 Å². The smallest absolute Gasteiger partial charge is 0.257 e. The summed E-state index contributed by atoms with van der Waals surface area (Å²) in [6.07, 6.45) is 2.43. The van der Waals surface area contributed by atoms with E-state index in [1.54, 1.807) is 24.2 Å². The van der Waals surface area contributed by atoms with Gasteiger partial charge in [0, 0.05) is 19.1 Å². The van der Waals surface area contributed by atoms with Gasteiger partial charge in [-0.15, -0.1) is 0 Å². The van der Waals surface area contributed by atoms with Crippen molar-refractivity contribution < 1.29 is 9.21 Å². The first kappa shape index (κ1) is 9.27. The molecule has 1 aliphatic rings. The van der Waals surface area contributed by atoms with Crippen molar-refractivity contribution in [1.29, 1.82) is 0 Å². The number of carbonyl (C=O) groups excluding carboxylic acids is 1. The second kappa shape index (κ2) is 3.46. The van der Waals surface area contributed by atoms with Crippen molar-refractivity contribution in [3.05, 3.63) is 23.7 Å². The molecule has 1 saturated heterocycles. The maximum atomic E-state index is 11.9. The molecule has 2 N–H and O–H groups in total. The highest BCUT2D eigenvalue weighted by Gasteiger charge is 2.26. The van der Waals surface area contributed by atoms with E-state index in [1.165, 1.54) is 0 Å². The van der Waals surface area contributed by atoms with Crippen molar-refractivity contribution >= 4 is 5.91 Å². The van der Waals surface area contributed by atoms with Gasteiger partial charge in [-0.25, -0.2) is 0 Å². The second-order valence-corrected chi connectivity index (χ2v) is 3.69. The van der Waals surface area contributed by atoms with Crippen LogP contribution in [-0.4, -0.2) is 29.9 Å². The minimum Gasteiger partial charge on any atom is -0.469 e. The van der Waals surface area contributed by atoms with Crippen LogP contribution >= 0.6 is 0 Å². The Balaban J connectivity index is 2.13. The SMILES string of the molecule is Cc1occc1C(=O)N1CC[C@H](N)C1. The lowest BCUT2D eigenvalue weighted by Gasteiger charge is -2.14. The van der Waals surface area contributed by atoms with E-state index < -0.39 is 0 Å². The van der Waals surface area contributed by atoms with Crippen molar-refractivity contribution in [3.63, 3.8) is 0 Å². The van der Waals surface area contributed by atoms with Crippen LogP contribution in [-0.2, 0) is 0 Å². The van der Waals surface area contributed by atoms with Gasteiger partial charge in [-0.1, -0.05) is 0 Å². The van der Waals surface area contributed by atoms with Gasteiger partial charge in [-0.3, -0.25) is 4.79 Å². The Bertz CT molecular complexity index is 346. The summed E-state index contributed by atoms with van der Waals surface area (Å²) in [5.74, 6) is 0.708. The Morgan fingerprint density at radius 3 is 3.00 bits per heavy atom. The summed E-state index contributed by atoms with van der Waals surface area (Å²) in [5.41, 5.74) is 6.39. The van der Waals surface area contributed by atoms with Gasteiger partial charge in [0.25, 0.3) is 5.91 Å². The summed E-state index contributed by atoms with van der Waals surface area (Å²) >= 11 is 0. The third-order valence-electron chi connectivity index (χ3n) is 2.60. The third-order valence-corrected chi connectivity index (χ3v) is 2.60. The Hall–Kier alpha value is -1.29. The van der Waals surface area contributed by atoms with Crippen LogP contribution in [0.4, 0.5) is 0 Å². The molecule has 0 aromatic carbocycles. The van der Waals surface area contributed by atoms with Gasteiger partial charge in [0.15, 0.2) is 0 Å². The molecule has 0 radical (unpaired) electrons. The number of carbonyl (C=O) groups is 1. The first-order valence-electron chi connectivity index (χ1n) is 4.77. The Morgan fingerprint density at radius 1 is 1.71 bits per heavy atom. The molecule has 2 rings (SSSR count). The number of rotatable bonds is 1. The maximum absolute atomic E-state index is 11.9. The second-order valence-electron chi connectivity index (χ2n) is 3.69. The first-order valence-corrected chi connectivity index (χ1v) is 4.77. The molecule has 1 fully saturated rings. The molecule has 1 atom stereocenters. The van der Waals surface area contributed by atoms with Crippen LogP contribution < -0.4 is 5.73 Å². The van der Waals surface area contributed by atoms with Gasteiger partial charge < -0.3 is 15.1 Å². The number of nitrogens with two attached hydrogens (primary N) is 1. The lowest BCUT2D eigenvalue weighted by Crippen LogP contribution is -2.31. The van der Waals surface area contributed by atoms with E-state index in [0.29, 0.717) is 17.9 Å².